The monoisotopic (exact) mass is 367 g/mol. The number of sulfonamides is 1. The third-order valence-corrected chi connectivity index (χ3v) is 5.93. The van der Waals surface area contributed by atoms with Crippen molar-refractivity contribution in [2.45, 2.75) is 17.5 Å². The molecule has 0 aliphatic carbocycles. The highest BCUT2D eigenvalue weighted by molar-refractivity contribution is 7.89. The average molecular weight is 367 g/mol. The zero-order valence-corrected chi connectivity index (χ0v) is 14.2. The molecule has 0 radical (unpaired) electrons. The summed E-state index contributed by atoms with van der Waals surface area (Å²) in [5.74, 6) is -1.00. The minimum atomic E-state index is -3.64. The molecule has 1 aliphatic rings. The Labute approximate surface area is 149 Å². The zero-order chi connectivity index (χ0) is 18.5. The Balaban J connectivity index is 1.98. The van der Waals surface area contributed by atoms with E-state index in [2.05, 4.69) is 9.57 Å². The lowest BCUT2D eigenvalue weighted by Gasteiger charge is -2.09. The van der Waals surface area contributed by atoms with Crippen LogP contribution >= 0.6 is 0 Å². The molecule has 7 nitrogen and oxygen atoms in total. The van der Waals surface area contributed by atoms with Crippen LogP contribution in [-0.4, -0.2) is 24.1 Å². The van der Waals surface area contributed by atoms with Gasteiger partial charge in [-0.1, -0.05) is 24.3 Å². The van der Waals surface area contributed by atoms with Crippen molar-refractivity contribution >= 4 is 32.6 Å². The Morgan fingerprint density at radius 3 is 2.73 bits per heavy atom. The van der Waals surface area contributed by atoms with Crippen LogP contribution in [0, 0.1) is 6.57 Å². The van der Waals surface area contributed by atoms with Gasteiger partial charge in [-0.25, -0.2) is 13.3 Å². The number of carboxylic acids is 1. The highest BCUT2D eigenvalue weighted by atomic mass is 32.2. The first-order valence-corrected chi connectivity index (χ1v) is 9.22. The van der Waals surface area contributed by atoms with Gasteiger partial charge in [-0.05, 0) is 34.7 Å². The Bertz CT molecular complexity index is 1200. The molecule has 26 heavy (non-hydrogen) atoms. The molecule has 0 saturated carbocycles. The van der Waals surface area contributed by atoms with Crippen molar-refractivity contribution in [2.75, 3.05) is 0 Å². The second-order valence-corrected chi connectivity index (χ2v) is 7.69. The number of aromatic nitrogens is 1. The number of nitrogens with one attached hydrogen (secondary N) is 1. The van der Waals surface area contributed by atoms with E-state index >= 15 is 0 Å². The van der Waals surface area contributed by atoms with E-state index in [9.17, 15) is 13.2 Å². The zero-order valence-electron chi connectivity index (χ0n) is 13.4. The predicted molar refractivity (Wildman–Crippen MR) is 94.4 cm³/mol. The number of benzene rings is 2. The topological polar surface area (TPSA) is 92.8 Å². The van der Waals surface area contributed by atoms with Crippen molar-refractivity contribution in [1.29, 1.82) is 0 Å². The molecule has 2 aromatic carbocycles. The van der Waals surface area contributed by atoms with Crippen LogP contribution < -0.4 is 4.72 Å². The molecule has 0 spiro atoms. The summed E-state index contributed by atoms with van der Waals surface area (Å²) in [4.78, 5) is 14.8. The van der Waals surface area contributed by atoms with Gasteiger partial charge in [0.25, 0.3) is 0 Å². The predicted octanol–water partition coefficient (Wildman–Crippen LogP) is 2.66. The van der Waals surface area contributed by atoms with Gasteiger partial charge in [-0.15, -0.1) is 0 Å². The van der Waals surface area contributed by atoms with Gasteiger partial charge in [0.15, 0.2) is 5.69 Å². The van der Waals surface area contributed by atoms with Crippen LogP contribution in [0.15, 0.2) is 53.6 Å². The normalized spacial score (nSPS) is 17.7. The van der Waals surface area contributed by atoms with E-state index < -0.39 is 22.0 Å². The minimum absolute atomic E-state index is 0.213. The molecule has 1 atom stereocenters. The van der Waals surface area contributed by atoms with Gasteiger partial charge in [0.05, 0.1) is 17.5 Å². The summed E-state index contributed by atoms with van der Waals surface area (Å²) < 4.78 is 29.0. The van der Waals surface area contributed by atoms with E-state index in [-0.39, 0.29) is 11.4 Å². The second-order valence-electron chi connectivity index (χ2n) is 6.01. The lowest BCUT2D eigenvalue weighted by atomic mass is 9.99. The molecule has 4 rings (SSSR count). The van der Waals surface area contributed by atoms with E-state index in [1.54, 1.807) is 53.2 Å². The Hall–Kier alpha value is -3.15. The van der Waals surface area contributed by atoms with Crippen LogP contribution in [-0.2, 0) is 21.4 Å². The summed E-state index contributed by atoms with van der Waals surface area (Å²) in [7, 11) is -3.64. The van der Waals surface area contributed by atoms with Gasteiger partial charge >= 0.3 is 5.97 Å². The van der Waals surface area contributed by atoms with Crippen LogP contribution in [0.1, 0.15) is 17.2 Å². The molecule has 1 unspecified atom stereocenters. The fraction of sp³-hybridized carbons (Fsp3) is 0.111. The van der Waals surface area contributed by atoms with Crippen molar-refractivity contribution in [3.8, 4) is 0 Å². The largest absolute Gasteiger partial charge is 0.480 e. The van der Waals surface area contributed by atoms with Gasteiger partial charge < -0.3 is 9.67 Å². The van der Waals surface area contributed by atoms with Crippen LogP contribution in [0.4, 0.5) is 5.69 Å². The number of hydrogen-bond acceptors (Lipinski definition) is 3. The van der Waals surface area contributed by atoms with Crippen molar-refractivity contribution in [3.05, 3.63) is 71.2 Å². The van der Waals surface area contributed by atoms with Gasteiger partial charge in [0, 0.05) is 11.7 Å². The van der Waals surface area contributed by atoms with Gasteiger partial charge in [0.2, 0.25) is 10.0 Å². The highest BCUT2D eigenvalue weighted by Gasteiger charge is 2.36. The van der Waals surface area contributed by atoms with Crippen molar-refractivity contribution in [2.24, 2.45) is 0 Å². The first-order chi connectivity index (χ1) is 12.4. The number of carboxylic acid groups (broad SMARTS) is 1. The van der Waals surface area contributed by atoms with Gasteiger partial charge in [0.1, 0.15) is 6.54 Å². The molecule has 0 bridgehead atoms. The second kappa shape index (κ2) is 5.69. The molecular formula is C18H13N3O4S. The van der Waals surface area contributed by atoms with Gasteiger partial charge in [-0.3, -0.25) is 4.79 Å². The molecular weight excluding hydrogens is 354 g/mol. The summed E-state index contributed by atoms with van der Waals surface area (Å²) in [5.41, 5.74) is 2.27. The molecule has 130 valence electrons. The third kappa shape index (κ3) is 2.45. The molecule has 0 saturated heterocycles. The van der Waals surface area contributed by atoms with Crippen LogP contribution in [0.3, 0.4) is 0 Å². The summed E-state index contributed by atoms with van der Waals surface area (Å²) in [6.45, 7) is 6.96. The SMILES string of the molecule is [C-]#[N+]c1ccc2c(c1)c(C1NS(=O)(=O)c3ccccc31)cn2CC(=O)O. The summed E-state index contributed by atoms with van der Waals surface area (Å²) in [6.07, 6.45) is 1.64. The molecule has 0 amide bonds. The van der Waals surface area contributed by atoms with E-state index in [1.807, 2.05) is 0 Å². The lowest BCUT2D eigenvalue weighted by molar-refractivity contribution is -0.137. The molecule has 2 heterocycles. The van der Waals surface area contributed by atoms with Crippen LogP contribution in [0.2, 0.25) is 0 Å². The first-order valence-electron chi connectivity index (χ1n) is 7.74. The maximum Gasteiger partial charge on any atom is 0.323 e. The van der Waals surface area contributed by atoms with Crippen LogP contribution in [0.25, 0.3) is 15.7 Å². The molecule has 1 aliphatic heterocycles. The Morgan fingerprint density at radius 2 is 2.00 bits per heavy atom. The average Bonchev–Trinajstić information content (AvgIpc) is 3.09. The first kappa shape index (κ1) is 16.3. The summed E-state index contributed by atoms with van der Waals surface area (Å²) in [5, 5.41) is 9.82. The number of nitrogens with zero attached hydrogens (tertiary/aromatic N) is 2. The molecule has 8 heteroatoms. The molecule has 3 aromatic rings. The maximum atomic E-state index is 12.4. The van der Waals surface area contributed by atoms with E-state index in [1.165, 1.54) is 0 Å². The summed E-state index contributed by atoms with van der Waals surface area (Å²) in [6, 6.07) is 11.0. The summed E-state index contributed by atoms with van der Waals surface area (Å²) >= 11 is 0. The van der Waals surface area contributed by atoms with E-state index in [0.29, 0.717) is 27.7 Å². The maximum absolute atomic E-state index is 12.4. The van der Waals surface area contributed by atoms with Crippen molar-refractivity contribution < 1.29 is 18.3 Å². The van der Waals surface area contributed by atoms with E-state index in [0.717, 1.165) is 0 Å². The standard InChI is InChI=1S/C18H13N3O4S/c1-19-11-6-7-15-13(8-11)14(9-21(15)10-17(22)23)18-12-4-2-3-5-16(12)26(24,25)20-18/h2-9,18,20H,10H2,(H,22,23). The number of rotatable bonds is 3. The number of fused-ring (bicyclic) bond motifs is 2. The lowest BCUT2D eigenvalue weighted by Crippen LogP contribution is -2.20. The third-order valence-electron chi connectivity index (χ3n) is 4.43. The number of carbonyl (C=O) groups is 1. The number of aliphatic carboxylic acids is 1. The fourth-order valence-electron chi connectivity index (χ4n) is 3.37. The van der Waals surface area contributed by atoms with Gasteiger partial charge in [-0.2, -0.15) is 4.72 Å². The van der Waals surface area contributed by atoms with Crippen LogP contribution in [0.5, 0.6) is 0 Å². The Morgan fingerprint density at radius 1 is 1.23 bits per heavy atom. The van der Waals surface area contributed by atoms with Crippen molar-refractivity contribution in [1.82, 2.24) is 9.29 Å². The molecule has 1 aromatic heterocycles. The molecule has 2 N–H and O–H groups in total. The minimum Gasteiger partial charge on any atom is -0.480 e. The number of hydrogen-bond donors (Lipinski definition) is 2. The Kier molecular flexibility index (Phi) is 3.57. The quantitative estimate of drug-likeness (QED) is 0.696. The smallest absolute Gasteiger partial charge is 0.323 e. The van der Waals surface area contributed by atoms with Crippen molar-refractivity contribution in [3.63, 3.8) is 0 Å². The highest BCUT2D eigenvalue weighted by Crippen LogP contribution is 2.39. The van der Waals surface area contributed by atoms with E-state index in [4.69, 9.17) is 11.7 Å². The fourth-order valence-corrected chi connectivity index (χ4v) is 4.81. The molecule has 0 fully saturated rings.